The van der Waals surface area contributed by atoms with Crippen molar-refractivity contribution in [1.82, 2.24) is 24.6 Å². The quantitative estimate of drug-likeness (QED) is 0.589. The number of aromatic nitrogens is 5. The van der Waals surface area contributed by atoms with Crippen LogP contribution in [0.15, 0.2) is 30.7 Å². The first-order valence-electron chi connectivity index (χ1n) is 7.33. The summed E-state index contributed by atoms with van der Waals surface area (Å²) in [6.07, 6.45) is 3.31. The first kappa shape index (κ1) is 15.9. The molecule has 0 bridgehead atoms. The average Bonchev–Trinajstić information content (AvgIpc) is 3.12. The third-order valence-corrected chi connectivity index (χ3v) is 4.57. The lowest BCUT2D eigenvalue weighted by Crippen LogP contribution is -2.00. The molecule has 1 aromatic carbocycles. The Labute approximate surface area is 152 Å². The van der Waals surface area contributed by atoms with Crippen LogP contribution >= 0.6 is 23.2 Å². The molecular formula is C16H12Cl2N6O. The van der Waals surface area contributed by atoms with Gasteiger partial charge < -0.3 is 10.1 Å². The van der Waals surface area contributed by atoms with Gasteiger partial charge in [-0.05, 0) is 18.2 Å². The normalized spacial score (nSPS) is 11.2. The maximum Gasteiger partial charge on any atom is 0.224 e. The number of anilines is 1. The van der Waals surface area contributed by atoms with Gasteiger partial charge in [0.25, 0.3) is 0 Å². The number of pyridine rings is 1. The Balaban J connectivity index is 2.11. The highest BCUT2D eigenvalue weighted by atomic mass is 35.5. The van der Waals surface area contributed by atoms with Gasteiger partial charge in [0.05, 0.1) is 17.2 Å². The first-order valence-corrected chi connectivity index (χ1v) is 8.09. The number of nitrogens with one attached hydrogen (secondary N) is 1. The van der Waals surface area contributed by atoms with Crippen molar-refractivity contribution in [2.45, 2.75) is 0 Å². The number of hydrogen-bond acceptors (Lipinski definition) is 6. The molecule has 0 amide bonds. The zero-order chi connectivity index (χ0) is 17.6. The minimum absolute atomic E-state index is 0.409. The maximum absolute atomic E-state index is 6.51. The van der Waals surface area contributed by atoms with E-state index in [-0.39, 0.29) is 0 Å². The van der Waals surface area contributed by atoms with Crippen LogP contribution < -0.4 is 10.1 Å². The van der Waals surface area contributed by atoms with Crippen molar-refractivity contribution in [2.24, 2.45) is 0 Å². The SMILES string of the molecule is CNc1ncc2cc(-c3c(Cl)ccc(OC)c3Cl)c3nncn3c2n1. The second kappa shape index (κ2) is 6.02. The molecule has 126 valence electrons. The Hall–Kier alpha value is -2.64. The van der Waals surface area contributed by atoms with Gasteiger partial charge in [-0.15, -0.1) is 10.2 Å². The highest BCUT2D eigenvalue weighted by Crippen LogP contribution is 2.42. The maximum atomic E-state index is 6.51. The molecule has 3 heterocycles. The lowest BCUT2D eigenvalue weighted by atomic mass is 10.0. The molecule has 4 rings (SSSR count). The van der Waals surface area contributed by atoms with Crippen molar-refractivity contribution >= 4 is 45.8 Å². The number of ether oxygens (including phenoxy) is 1. The van der Waals surface area contributed by atoms with E-state index in [9.17, 15) is 0 Å². The highest BCUT2D eigenvalue weighted by Gasteiger charge is 2.19. The van der Waals surface area contributed by atoms with Crippen LogP contribution in [0.3, 0.4) is 0 Å². The summed E-state index contributed by atoms with van der Waals surface area (Å²) in [5.74, 6) is 1.04. The predicted octanol–water partition coefficient (Wildman–Crippen LogP) is 3.70. The molecule has 9 heteroatoms. The van der Waals surface area contributed by atoms with E-state index in [1.165, 1.54) is 0 Å². The zero-order valence-electron chi connectivity index (χ0n) is 13.3. The minimum atomic E-state index is 0.409. The molecule has 0 aliphatic heterocycles. The number of methoxy groups -OCH3 is 1. The topological polar surface area (TPSA) is 77.2 Å². The van der Waals surface area contributed by atoms with E-state index in [1.807, 2.05) is 6.07 Å². The van der Waals surface area contributed by atoms with Crippen molar-refractivity contribution in [1.29, 1.82) is 0 Å². The lowest BCUT2D eigenvalue weighted by molar-refractivity contribution is 0.415. The van der Waals surface area contributed by atoms with Crippen LogP contribution in [0.5, 0.6) is 5.75 Å². The third-order valence-electron chi connectivity index (χ3n) is 3.88. The second-order valence-corrected chi connectivity index (χ2v) is 6.03. The van der Waals surface area contributed by atoms with E-state index < -0.39 is 0 Å². The number of hydrogen-bond donors (Lipinski definition) is 1. The summed E-state index contributed by atoms with van der Waals surface area (Å²) in [4.78, 5) is 8.74. The molecule has 0 radical (unpaired) electrons. The van der Waals surface area contributed by atoms with Crippen LogP contribution in [-0.4, -0.2) is 38.7 Å². The smallest absolute Gasteiger partial charge is 0.224 e. The largest absolute Gasteiger partial charge is 0.495 e. The van der Waals surface area contributed by atoms with E-state index in [4.69, 9.17) is 27.9 Å². The molecule has 1 N–H and O–H groups in total. The Kier molecular flexibility index (Phi) is 3.82. The molecule has 4 aromatic rings. The molecule has 0 fully saturated rings. The van der Waals surface area contributed by atoms with E-state index in [0.29, 0.717) is 38.6 Å². The van der Waals surface area contributed by atoms with Gasteiger partial charge >= 0.3 is 0 Å². The molecule has 0 atom stereocenters. The molecule has 0 aliphatic carbocycles. The Morgan fingerprint density at radius 3 is 2.80 bits per heavy atom. The minimum Gasteiger partial charge on any atom is -0.495 e. The Morgan fingerprint density at radius 2 is 2.04 bits per heavy atom. The van der Waals surface area contributed by atoms with Gasteiger partial charge in [0, 0.05) is 29.8 Å². The lowest BCUT2D eigenvalue weighted by Gasteiger charge is -2.13. The molecule has 3 aromatic heterocycles. The fourth-order valence-corrected chi connectivity index (χ4v) is 3.36. The number of rotatable bonds is 3. The molecule has 0 spiro atoms. The van der Waals surface area contributed by atoms with Crippen LogP contribution in [0, 0.1) is 0 Å². The van der Waals surface area contributed by atoms with Crippen LogP contribution in [0.25, 0.3) is 27.8 Å². The van der Waals surface area contributed by atoms with E-state index >= 15 is 0 Å². The molecular weight excluding hydrogens is 363 g/mol. The number of nitrogens with zero attached hydrogens (tertiary/aromatic N) is 5. The van der Waals surface area contributed by atoms with Gasteiger partial charge in [-0.3, -0.25) is 4.40 Å². The summed E-state index contributed by atoms with van der Waals surface area (Å²) in [5.41, 5.74) is 2.61. The van der Waals surface area contributed by atoms with Crippen molar-refractivity contribution in [3.8, 4) is 16.9 Å². The molecule has 0 unspecified atom stereocenters. The van der Waals surface area contributed by atoms with E-state index in [0.717, 1.165) is 10.9 Å². The van der Waals surface area contributed by atoms with Gasteiger partial charge in [0.15, 0.2) is 11.3 Å². The molecule has 0 saturated heterocycles. The molecule has 0 saturated carbocycles. The summed E-state index contributed by atoms with van der Waals surface area (Å²) < 4.78 is 7.08. The number of benzene rings is 1. The van der Waals surface area contributed by atoms with E-state index in [2.05, 4.69) is 25.5 Å². The van der Waals surface area contributed by atoms with Crippen molar-refractivity contribution < 1.29 is 4.74 Å². The van der Waals surface area contributed by atoms with Gasteiger partial charge in [0.1, 0.15) is 12.1 Å². The summed E-state index contributed by atoms with van der Waals surface area (Å²) in [6, 6.07) is 5.35. The van der Waals surface area contributed by atoms with E-state index in [1.54, 1.807) is 43.2 Å². The number of fused-ring (bicyclic) bond motifs is 3. The monoisotopic (exact) mass is 374 g/mol. The highest BCUT2D eigenvalue weighted by molar-refractivity contribution is 6.40. The summed E-state index contributed by atoms with van der Waals surface area (Å²) in [7, 11) is 3.31. The third kappa shape index (κ3) is 2.43. The fourth-order valence-electron chi connectivity index (χ4n) is 2.71. The summed E-state index contributed by atoms with van der Waals surface area (Å²) >= 11 is 12.9. The summed E-state index contributed by atoms with van der Waals surface area (Å²) in [5, 5.41) is 12.8. The predicted molar refractivity (Wildman–Crippen MR) is 97.6 cm³/mol. The standard InChI is InChI=1S/C16H12Cl2N6O/c1-19-16-20-6-8-5-9(15-23-21-7-24(15)14(8)22-16)12-10(17)3-4-11(25-2)13(12)18/h3-7H,1-2H3,(H,19,20,22). The Morgan fingerprint density at radius 1 is 1.20 bits per heavy atom. The zero-order valence-corrected chi connectivity index (χ0v) is 14.8. The number of halogens is 2. The average molecular weight is 375 g/mol. The molecule has 0 aliphatic rings. The van der Waals surface area contributed by atoms with Crippen LogP contribution in [-0.2, 0) is 0 Å². The fraction of sp³-hybridized carbons (Fsp3) is 0.125. The summed E-state index contributed by atoms with van der Waals surface area (Å²) in [6.45, 7) is 0. The van der Waals surface area contributed by atoms with Crippen molar-refractivity contribution in [3.63, 3.8) is 0 Å². The second-order valence-electron chi connectivity index (χ2n) is 5.24. The van der Waals surface area contributed by atoms with Crippen LogP contribution in [0.2, 0.25) is 10.0 Å². The molecule has 7 nitrogen and oxygen atoms in total. The van der Waals surface area contributed by atoms with Crippen LogP contribution in [0.1, 0.15) is 0 Å². The van der Waals surface area contributed by atoms with Gasteiger partial charge in [-0.1, -0.05) is 23.2 Å². The van der Waals surface area contributed by atoms with Gasteiger partial charge in [-0.25, -0.2) is 4.98 Å². The van der Waals surface area contributed by atoms with Crippen LogP contribution in [0.4, 0.5) is 5.95 Å². The van der Waals surface area contributed by atoms with Crippen molar-refractivity contribution in [2.75, 3.05) is 19.5 Å². The van der Waals surface area contributed by atoms with Gasteiger partial charge in [0.2, 0.25) is 5.95 Å². The van der Waals surface area contributed by atoms with Crippen molar-refractivity contribution in [3.05, 3.63) is 40.8 Å². The first-order chi connectivity index (χ1) is 12.1. The molecule has 25 heavy (non-hydrogen) atoms. The Bertz CT molecular complexity index is 1110. The van der Waals surface area contributed by atoms with Gasteiger partial charge in [-0.2, -0.15) is 4.98 Å².